The Morgan fingerprint density at radius 2 is 2.00 bits per heavy atom. The van der Waals surface area contributed by atoms with E-state index in [0.717, 1.165) is 82.3 Å². The monoisotopic (exact) mass is 429 g/mol. The minimum Gasteiger partial charge on any atom is -0.385 e. The van der Waals surface area contributed by atoms with Crippen LogP contribution in [0.15, 0.2) is 33.8 Å². The Morgan fingerprint density at radius 3 is 2.65 bits per heavy atom. The van der Waals surface area contributed by atoms with Crippen molar-refractivity contribution in [3.05, 3.63) is 35.7 Å². The van der Waals surface area contributed by atoms with Crippen LogP contribution in [0.2, 0.25) is 0 Å². The van der Waals surface area contributed by atoms with Crippen molar-refractivity contribution in [1.29, 1.82) is 0 Å². The molecule has 1 aromatic carbocycles. The van der Waals surface area contributed by atoms with Crippen LogP contribution in [0.5, 0.6) is 0 Å². The van der Waals surface area contributed by atoms with Crippen LogP contribution in [0, 0.1) is 0 Å². The molecule has 3 rings (SSSR count). The lowest BCUT2D eigenvalue weighted by atomic mass is 10.1. The summed E-state index contributed by atoms with van der Waals surface area (Å²) in [7, 11) is 3.57. The molecule has 8 nitrogen and oxygen atoms in total. The van der Waals surface area contributed by atoms with E-state index < -0.39 is 0 Å². The molecule has 1 aliphatic heterocycles. The number of methoxy groups -OCH3 is 1. The molecular weight excluding hydrogens is 394 g/mol. The van der Waals surface area contributed by atoms with Crippen LogP contribution >= 0.6 is 0 Å². The van der Waals surface area contributed by atoms with Gasteiger partial charge in [-0.3, -0.25) is 4.99 Å². The molecule has 1 saturated heterocycles. The summed E-state index contributed by atoms with van der Waals surface area (Å²) in [6, 6.07) is 8.30. The number of aliphatic imine (C=N–C) groups is 1. The molecule has 0 unspecified atom stereocenters. The highest BCUT2D eigenvalue weighted by Gasteiger charge is 2.21. The Balaban J connectivity index is 1.39. The van der Waals surface area contributed by atoms with E-state index in [1.807, 2.05) is 26.1 Å². The molecule has 0 atom stereocenters. The van der Waals surface area contributed by atoms with Gasteiger partial charge in [0.25, 0.3) is 5.89 Å². The number of guanidine groups is 1. The van der Waals surface area contributed by atoms with Crippen molar-refractivity contribution in [3.63, 3.8) is 0 Å². The van der Waals surface area contributed by atoms with Crippen molar-refractivity contribution in [2.24, 2.45) is 4.99 Å². The molecule has 170 valence electrons. The van der Waals surface area contributed by atoms with Crippen molar-refractivity contribution in [1.82, 2.24) is 20.4 Å². The van der Waals surface area contributed by atoms with Gasteiger partial charge in [-0.05, 0) is 43.4 Å². The summed E-state index contributed by atoms with van der Waals surface area (Å²) in [5.41, 5.74) is 2.21. The van der Waals surface area contributed by atoms with Crippen LogP contribution in [-0.4, -0.2) is 74.1 Å². The maximum Gasteiger partial charge on any atom is 0.257 e. The average Bonchev–Trinajstić information content (AvgIpc) is 3.30. The Kier molecular flexibility index (Phi) is 9.30. The minimum absolute atomic E-state index is 0.344. The number of aromatic nitrogens is 2. The maximum atomic E-state index is 5.95. The number of aryl methyl sites for hydroxylation is 1. The summed E-state index contributed by atoms with van der Waals surface area (Å²) >= 11 is 0. The molecule has 1 aliphatic rings. The highest BCUT2D eigenvalue weighted by atomic mass is 16.5. The lowest BCUT2D eigenvalue weighted by molar-refractivity contribution is 0.00992. The maximum absolute atomic E-state index is 5.95. The minimum atomic E-state index is 0.344. The molecule has 0 radical (unpaired) electrons. The molecule has 2 aromatic rings. The van der Waals surface area contributed by atoms with E-state index in [4.69, 9.17) is 14.0 Å². The second-order valence-electron chi connectivity index (χ2n) is 7.69. The number of nitrogens with one attached hydrogen (secondary N) is 1. The first kappa shape index (κ1) is 23.2. The van der Waals surface area contributed by atoms with E-state index in [0.29, 0.717) is 12.0 Å². The van der Waals surface area contributed by atoms with Crippen LogP contribution in [-0.2, 0) is 22.3 Å². The predicted octanol–water partition coefficient (Wildman–Crippen LogP) is 2.93. The van der Waals surface area contributed by atoms with Gasteiger partial charge in [0.05, 0.1) is 6.10 Å². The molecule has 0 aliphatic carbocycles. The molecule has 1 fully saturated rings. The van der Waals surface area contributed by atoms with Crippen molar-refractivity contribution >= 4 is 5.96 Å². The van der Waals surface area contributed by atoms with Crippen LogP contribution in [0.4, 0.5) is 0 Å². The van der Waals surface area contributed by atoms with Crippen molar-refractivity contribution in [2.45, 2.75) is 45.1 Å². The summed E-state index contributed by atoms with van der Waals surface area (Å²) in [6.07, 6.45) is 5.05. The van der Waals surface area contributed by atoms with Crippen molar-refractivity contribution < 1.29 is 14.0 Å². The van der Waals surface area contributed by atoms with Crippen molar-refractivity contribution in [3.8, 4) is 11.5 Å². The summed E-state index contributed by atoms with van der Waals surface area (Å²) in [5, 5.41) is 7.45. The third-order valence-electron chi connectivity index (χ3n) is 5.48. The number of benzene rings is 1. The summed E-state index contributed by atoms with van der Waals surface area (Å²) in [4.78, 5) is 11.2. The summed E-state index contributed by atoms with van der Waals surface area (Å²) < 4.78 is 16.3. The fraction of sp³-hybridized carbons (Fsp3) is 0.609. The SMILES string of the molecule is CCc1noc(-c2ccc(CCNC(=NC)N3CCC(OCCCOC)CC3)cc2)n1. The fourth-order valence-corrected chi connectivity index (χ4v) is 3.67. The third-order valence-corrected chi connectivity index (χ3v) is 5.48. The van der Waals surface area contributed by atoms with E-state index in [-0.39, 0.29) is 0 Å². The first-order valence-corrected chi connectivity index (χ1v) is 11.2. The van der Waals surface area contributed by atoms with E-state index in [1.165, 1.54) is 5.56 Å². The van der Waals surface area contributed by atoms with Gasteiger partial charge in [0.2, 0.25) is 0 Å². The van der Waals surface area contributed by atoms with E-state index in [1.54, 1.807) is 7.11 Å². The zero-order chi connectivity index (χ0) is 21.9. The Labute approximate surface area is 185 Å². The molecule has 8 heteroatoms. The smallest absolute Gasteiger partial charge is 0.257 e. The Bertz CT molecular complexity index is 798. The molecular formula is C23H35N5O3. The van der Waals surface area contributed by atoms with Gasteiger partial charge >= 0.3 is 0 Å². The largest absolute Gasteiger partial charge is 0.385 e. The van der Waals surface area contributed by atoms with Gasteiger partial charge < -0.3 is 24.2 Å². The van der Waals surface area contributed by atoms with E-state index in [2.05, 4.69) is 37.5 Å². The van der Waals surface area contributed by atoms with Gasteiger partial charge in [0, 0.05) is 59.0 Å². The first-order chi connectivity index (χ1) is 15.2. The number of hydrogen-bond donors (Lipinski definition) is 1. The highest BCUT2D eigenvalue weighted by molar-refractivity contribution is 5.80. The topological polar surface area (TPSA) is 85.0 Å². The normalized spacial score (nSPS) is 15.5. The lowest BCUT2D eigenvalue weighted by Gasteiger charge is -2.34. The molecule has 1 N–H and O–H groups in total. The first-order valence-electron chi connectivity index (χ1n) is 11.2. The second kappa shape index (κ2) is 12.4. The molecule has 1 aromatic heterocycles. The van der Waals surface area contributed by atoms with Crippen LogP contribution < -0.4 is 5.32 Å². The number of nitrogens with zero attached hydrogens (tertiary/aromatic N) is 4. The van der Waals surface area contributed by atoms with Crippen molar-refractivity contribution in [2.75, 3.05) is 47.0 Å². The highest BCUT2D eigenvalue weighted by Crippen LogP contribution is 2.18. The zero-order valence-corrected chi connectivity index (χ0v) is 19.0. The molecule has 0 saturated carbocycles. The second-order valence-corrected chi connectivity index (χ2v) is 7.69. The van der Waals surface area contributed by atoms with Gasteiger partial charge in [-0.15, -0.1) is 0 Å². The standard InChI is InChI=1S/C23H35N5O3/c1-4-21-26-22(31-27-21)19-8-6-18(7-9-19)10-13-25-23(24-2)28-14-11-20(12-15-28)30-17-5-16-29-3/h6-9,20H,4-5,10-17H2,1-3H3,(H,24,25). The average molecular weight is 430 g/mol. The van der Waals surface area contributed by atoms with E-state index in [9.17, 15) is 0 Å². The predicted molar refractivity (Wildman–Crippen MR) is 121 cm³/mol. The Morgan fingerprint density at radius 1 is 1.23 bits per heavy atom. The number of rotatable bonds is 10. The van der Waals surface area contributed by atoms with Gasteiger partial charge in [-0.2, -0.15) is 4.98 Å². The third kappa shape index (κ3) is 7.04. The summed E-state index contributed by atoms with van der Waals surface area (Å²) in [5.74, 6) is 2.27. The summed E-state index contributed by atoms with van der Waals surface area (Å²) in [6.45, 7) is 6.31. The molecule has 31 heavy (non-hydrogen) atoms. The molecule has 2 heterocycles. The van der Waals surface area contributed by atoms with Gasteiger partial charge in [0.1, 0.15) is 0 Å². The number of ether oxygens (including phenoxy) is 2. The van der Waals surface area contributed by atoms with Crippen LogP contribution in [0.3, 0.4) is 0 Å². The van der Waals surface area contributed by atoms with Gasteiger partial charge in [0.15, 0.2) is 11.8 Å². The van der Waals surface area contributed by atoms with E-state index >= 15 is 0 Å². The van der Waals surface area contributed by atoms with Crippen LogP contribution in [0.25, 0.3) is 11.5 Å². The molecule has 0 spiro atoms. The molecule has 0 amide bonds. The van der Waals surface area contributed by atoms with Gasteiger partial charge in [-0.25, -0.2) is 0 Å². The Hall–Kier alpha value is -2.45. The molecule has 0 bridgehead atoms. The number of piperidine rings is 1. The number of hydrogen-bond acceptors (Lipinski definition) is 6. The van der Waals surface area contributed by atoms with Gasteiger partial charge in [-0.1, -0.05) is 24.2 Å². The quantitative estimate of drug-likeness (QED) is 0.353. The number of likely N-dealkylation sites (tertiary alicyclic amines) is 1. The van der Waals surface area contributed by atoms with Crippen LogP contribution in [0.1, 0.15) is 37.6 Å². The zero-order valence-electron chi connectivity index (χ0n) is 19.0. The lowest BCUT2D eigenvalue weighted by Crippen LogP contribution is -2.47. The fourth-order valence-electron chi connectivity index (χ4n) is 3.67.